The molecule has 1 amide bonds. The van der Waals surface area contributed by atoms with Gasteiger partial charge >= 0.3 is 0 Å². The molecule has 0 radical (unpaired) electrons. The van der Waals surface area contributed by atoms with Crippen LogP contribution in [0, 0.1) is 0 Å². The zero-order valence-electron chi connectivity index (χ0n) is 11.1. The molecule has 0 aliphatic carbocycles. The van der Waals surface area contributed by atoms with Gasteiger partial charge in [-0.2, -0.15) is 0 Å². The van der Waals surface area contributed by atoms with Gasteiger partial charge in [-0.25, -0.2) is 0 Å². The van der Waals surface area contributed by atoms with Crippen LogP contribution in [0.1, 0.15) is 19.3 Å². The molecular formula is C13H25N3O2. The quantitative estimate of drug-likeness (QED) is 0.477. The average Bonchev–Trinajstić information content (AvgIpc) is 2.39. The van der Waals surface area contributed by atoms with Crippen LogP contribution < -0.4 is 11.1 Å². The summed E-state index contributed by atoms with van der Waals surface area (Å²) in [5, 5.41) is 2.79. The lowest BCUT2D eigenvalue weighted by Gasteiger charge is -2.31. The molecule has 3 N–H and O–H groups in total. The van der Waals surface area contributed by atoms with Crippen molar-refractivity contribution in [3.63, 3.8) is 0 Å². The summed E-state index contributed by atoms with van der Waals surface area (Å²) in [4.78, 5) is 13.7. The molecule has 5 nitrogen and oxygen atoms in total. The van der Waals surface area contributed by atoms with Crippen molar-refractivity contribution in [2.24, 2.45) is 5.73 Å². The number of nitrogens with one attached hydrogen (secondary N) is 1. The maximum absolute atomic E-state index is 11.5. The van der Waals surface area contributed by atoms with Crippen molar-refractivity contribution in [1.29, 1.82) is 0 Å². The van der Waals surface area contributed by atoms with E-state index in [-0.39, 0.29) is 5.91 Å². The number of nitrogens with two attached hydrogens (primary N) is 1. The van der Waals surface area contributed by atoms with E-state index in [0.29, 0.717) is 25.7 Å². The first-order chi connectivity index (χ1) is 8.76. The second-order valence-corrected chi connectivity index (χ2v) is 4.58. The third-order valence-electron chi connectivity index (χ3n) is 3.05. The second-order valence-electron chi connectivity index (χ2n) is 4.58. The highest BCUT2D eigenvalue weighted by atomic mass is 16.5. The summed E-state index contributed by atoms with van der Waals surface area (Å²) in [5.74, 6) is 0.0670. The molecule has 1 aliphatic heterocycles. The Labute approximate surface area is 109 Å². The molecule has 104 valence electrons. The number of hydrogen-bond acceptors (Lipinski definition) is 4. The molecule has 0 aromatic heterocycles. The summed E-state index contributed by atoms with van der Waals surface area (Å²) < 4.78 is 5.72. The van der Waals surface area contributed by atoms with Gasteiger partial charge in [0.2, 0.25) is 5.91 Å². The Balaban J connectivity index is 2.11. The number of nitrogens with zero attached hydrogens (tertiary/aromatic N) is 1. The molecule has 0 atom stereocenters. The van der Waals surface area contributed by atoms with Gasteiger partial charge in [0.15, 0.2) is 0 Å². The van der Waals surface area contributed by atoms with Gasteiger partial charge in [0, 0.05) is 26.2 Å². The van der Waals surface area contributed by atoms with Crippen LogP contribution in [0.2, 0.25) is 0 Å². The summed E-state index contributed by atoms with van der Waals surface area (Å²) in [7, 11) is 0. The smallest absolute Gasteiger partial charge is 0.234 e. The van der Waals surface area contributed by atoms with E-state index in [1.807, 2.05) is 0 Å². The molecule has 18 heavy (non-hydrogen) atoms. The number of carbonyl (C=O) groups excluding carboxylic acids is 1. The van der Waals surface area contributed by atoms with Crippen LogP contribution in [0.25, 0.3) is 0 Å². The van der Waals surface area contributed by atoms with Gasteiger partial charge < -0.3 is 15.8 Å². The Kier molecular flexibility index (Phi) is 7.64. The van der Waals surface area contributed by atoms with Crippen LogP contribution in [-0.4, -0.2) is 56.2 Å². The number of hydrogen-bond donors (Lipinski definition) is 2. The lowest BCUT2D eigenvalue weighted by atomic mass is 10.1. The molecule has 0 bridgehead atoms. The predicted molar refractivity (Wildman–Crippen MR) is 72.3 cm³/mol. The minimum Gasteiger partial charge on any atom is -0.378 e. The maximum Gasteiger partial charge on any atom is 0.234 e. The van der Waals surface area contributed by atoms with E-state index in [1.165, 1.54) is 0 Å². The third kappa shape index (κ3) is 6.14. The summed E-state index contributed by atoms with van der Waals surface area (Å²) in [6.45, 7) is 7.87. The first kappa shape index (κ1) is 15.1. The van der Waals surface area contributed by atoms with Crippen molar-refractivity contribution in [2.45, 2.75) is 25.4 Å². The molecule has 0 aromatic rings. The number of piperidine rings is 1. The molecule has 5 heteroatoms. The fourth-order valence-corrected chi connectivity index (χ4v) is 2.01. The average molecular weight is 255 g/mol. The summed E-state index contributed by atoms with van der Waals surface area (Å²) in [6, 6.07) is 0. The minimum atomic E-state index is 0.0670. The van der Waals surface area contributed by atoms with Crippen LogP contribution in [-0.2, 0) is 9.53 Å². The van der Waals surface area contributed by atoms with Crippen LogP contribution in [0.3, 0.4) is 0 Å². The topological polar surface area (TPSA) is 67.6 Å². The van der Waals surface area contributed by atoms with Crippen LogP contribution in [0.5, 0.6) is 0 Å². The molecule has 0 unspecified atom stereocenters. The van der Waals surface area contributed by atoms with Gasteiger partial charge in [-0.3, -0.25) is 9.69 Å². The van der Waals surface area contributed by atoms with E-state index in [1.54, 1.807) is 6.08 Å². The van der Waals surface area contributed by atoms with Crippen LogP contribution in [0.4, 0.5) is 0 Å². The van der Waals surface area contributed by atoms with Crippen LogP contribution >= 0.6 is 0 Å². The lowest BCUT2D eigenvalue weighted by Crippen LogP contribution is -2.43. The van der Waals surface area contributed by atoms with Crippen molar-refractivity contribution in [3.8, 4) is 0 Å². The normalized spacial score (nSPS) is 17.6. The molecule has 1 aliphatic rings. The summed E-state index contributed by atoms with van der Waals surface area (Å²) in [6.07, 6.45) is 4.95. The third-order valence-corrected chi connectivity index (χ3v) is 3.05. The zero-order chi connectivity index (χ0) is 13.2. The molecule has 0 aromatic carbocycles. The van der Waals surface area contributed by atoms with Crippen molar-refractivity contribution in [3.05, 3.63) is 12.7 Å². The van der Waals surface area contributed by atoms with Crippen molar-refractivity contribution >= 4 is 5.91 Å². The number of ether oxygens (including phenoxy) is 1. The van der Waals surface area contributed by atoms with Gasteiger partial charge in [0.05, 0.1) is 12.6 Å². The minimum absolute atomic E-state index is 0.0670. The Bertz CT molecular complexity index is 251. The fourth-order valence-electron chi connectivity index (χ4n) is 2.01. The van der Waals surface area contributed by atoms with Crippen molar-refractivity contribution in [1.82, 2.24) is 10.2 Å². The van der Waals surface area contributed by atoms with E-state index >= 15 is 0 Å². The highest BCUT2D eigenvalue weighted by Gasteiger charge is 2.20. The molecule has 1 heterocycles. The Morgan fingerprint density at radius 2 is 2.22 bits per heavy atom. The number of carbonyl (C=O) groups is 1. The van der Waals surface area contributed by atoms with Gasteiger partial charge in [-0.05, 0) is 25.8 Å². The maximum atomic E-state index is 11.5. The van der Waals surface area contributed by atoms with Gasteiger partial charge in [0.25, 0.3) is 0 Å². The van der Waals surface area contributed by atoms with Gasteiger partial charge in [0.1, 0.15) is 0 Å². The van der Waals surface area contributed by atoms with E-state index in [9.17, 15) is 4.79 Å². The molecule has 1 fully saturated rings. The number of amides is 1. The molecular weight excluding hydrogens is 230 g/mol. The summed E-state index contributed by atoms with van der Waals surface area (Å²) in [5.41, 5.74) is 5.42. The first-order valence-electron chi connectivity index (χ1n) is 6.68. The standard InChI is InChI=1S/C13H25N3O2/c1-2-7-15-13(17)11-16-8-4-12(5-9-16)18-10-3-6-14/h2,12H,1,3-11,14H2,(H,15,17). The van der Waals surface area contributed by atoms with Crippen molar-refractivity contribution in [2.75, 3.05) is 39.3 Å². The van der Waals surface area contributed by atoms with Gasteiger partial charge in [-0.1, -0.05) is 6.08 Å². The molecule has 1 saturated heterocycles. The monoisotopic (exact) mass is 255 g/mol. The Morgan fingerprint density at radius 1 is 1.50 bits per heavy atom. The van der Waals surface area contributed by atoms with Crippen molar-refractivity contribution < 1.29 is 9.53 Å². The van der Waals surface area contributed by atoms with E-state index in [2.05, 4.69) is 16.8 Å². The fraction of sp³-hybridized carbons (Fsp3) is 0.769. The Hall–Kier alpha value is -0.910. The first-order valence-corrected chi connectivity index (χ1v) is 6.68. The Morgan fingerprint density at radius 3 is 2.83 bits per heavy atom. The molecule has 0 saturated carbocycles. The largest absolute Gasteiger partial charge is 0.378 e. The number of rotatable bonds is 8. The lowest BCUT2D eigenvalue weighted by molar-refractivity contribution is -0.122. The number of likely N-dealkylation sites (tertiary alicyclic amines) is 1. The van der Waals surface area contributed by atoms with E-state index in [0.717, 1.165) is 39.0 Å². The van der Waals surface area contributed by atoms with E-state index < -0.39 is 0 Å². The zero-order valence-corrected chi connectivity index (χ0v) is 11.1. The second kappa shape index (κ2) is 9.08. The van der Waals surface area contributed by atoms with Crippen LogP contribution in [0.15, 0.2) is 12.7 Å². The van der Waals surface area contributed by atoms with Gasteiger partial charge in [-0.15, -0.1) is 6.58 Å². The highest BCUT2D eigenvalue weighted by Crippen LogP contribution is 2.13. The predicted octanol–water partition coefficient (Wildman–Crippen LogP) is 0.118. The van der Waals surface area contributed by atoms with E-state index in [4.69, 9.17) is 10.5 Å². The molecule has 0 spiro atoms. The molecule has 1 rings (SSSR count). The summed E-state index contributed by atoms with van der Waals surface area (Å²) >= 11 is 0. The SMILES string of the molecule is C=CCNC(=O)CN1CCC(OCCCN)CC1. The highest BCUT2D eigenvalue weighted by molar-refractivity contribution is 5.78.